The molecule has 4 nitrogen and oxygen atoms in total. The Bertz CT molecular complexity index is 389. The Morgan fingerprint density at radius 2 is 1.75 bits per heavy atom. The quantitative estimate of drug-likeness (QED) is 0.767. The Balaban J connectivity index is 0.000000606. The van der Waals surface area contributed by atoms with Crippen molar-refractivity contribution in [2.24, 2.45) is 0 Å². The van der Waals surface area contributed by atoms with Crippen molar-refractivity contribution in [3.05, 3.63) is 29.3 Å². The molecule has 1 saturated heterocycles. The van der Waals surface area contributed by atoms with Crippen LogP contribution in [0.2, 0.25) is 5.02 Å². The number of halogens is 1. The van der Waals surface area contributed by atoms with E-state index >= 15 is 0 Å². The molecule has 0 atom stereocenters. The monoisotopic (exact) mass is 240 g/mol. The van der Waals surface area contributed by atoms with E-state index in [2.05, 4.69) is 5.32 Å². The van der Waals surface area contributed by atoms with Gasteiger partial charge in [-0.3, -0.25) is 15.0 Å². The van der Waals surface area contributed by atoms with Crippen molar-refractivity contribution in [2.45, 2.75) is 13.8 Å². The van der Waals surface area contributed by atoms with Gasteiger partial charge in [0, 0.05) is 10.7 Å². The van der Waals surface area contributed by atoms with Gasteiger partial charge in [-0.05, 0) is 24.3 Å². The second-order valence-electron chi connectivity index (χ2n) is 2.92. The predicted octanol–water partition coefficient (Wildman–Crippen LogP) is 2.42. The van der Waals surface area contributed by atoms with E-state index < -0.39 is 6.03 Å². The number of nitrogens with one attached hydrogen (secondary N) is 1. The molecule has 1 N–H and O–H groups in total. The van der Waals surface area contributed by atoms with Gasteiger partial charge < -0.3 is 0 Å². The van der Waals surface area contributed by atoms with Crippen LogP contribution in [0.3, 0.4) is 0 Å². The molecule has 0 aromatic heterocycles. The molecular formula is C11H13ClN2O2. The Morgan fingerprint density at radius 3 is 2.19 bits per heavy atom. The van der Waals surface area contributed by atoms with Gasteiger partial charge >= 0.3 is 6.03 Å². The van der Waals surface area contributed by atoms with Crippen LogP contribution in [0.5, 0.6) is 0 Å². The second kappa shape index (κ2) is 5.51. The molecule has 1 fully saturated rings. The number of benzene rings is 1. The maximum absolute atomic E-state index is 11.2. The number of carbonyl (C=O) groups excluding carboxylic acids is 2. The molecule has 86 valence electrons. The standard InChI is InChI=1S/C9H7ClN2O2.C2H6/c10-6-1-3-7(4-2-6)12-5-8(13)11-9(12)14;1-2/h1-4H,5H2,(H,11,13,14);1-2H3. The van der Waals surface area contributed by atoms with Gasteiger partial charge in [-0.25, -0.2) is 4.79 Å². The van der Waals surface area contributed by atoms with Crippen molar-refractivity contribution >= 4 is 29.2 Å². The summed E-state index contributed by atoms with van der Waals surface area (Å²) < 4.78 is 0. The van der Waals surface area contributed by atoms with E-state index in [1.165, 1.54) is 4.90 Å². The lowest BCUT2D eigenvalue weighted by atomic mass is 10.3. The molecule has 16 heavy (non-hydrogen) atoms. The molecule has 1 aliphatic heterocycles. The summed E-state index contributed by atoms with van der Waals surface area (Å²) in [5, 5.41) is 2.79. The van der Waals surface area contributed by atoms with E-state index in [1.54, 1.807) is 24.3 Å². The molecule has 2 rings (SSSR count). The minimum Gasteiger partial charge on any atom is -0.285 e. The number of anilines is 1. The lowest BCUT2D eigenvalue weighted by Crippen LogP contribution is -2.27. The molecule has 0 radical (unpaired) electrons. The highest BCUT2D eigenvalue weighted by Crippen LogP contribution is 2.19. The zero-order valence-corrected chi connectivity index (χ0v) is 9.91. The third kappa shape index (κ3) is 2.73. The molecule has 1 aliphatic rings. The summed E-state index contributed by atoms with van der Waals surface area (Å²) in [5.74, 6) is -0.287. The van der Waals surface area contributed by atoms with E-state index in [-0.39, 0.29) is 12.5 Å². The van der Waals surface area contributed by atoms with E-state index in [4.69, 9.17) is 11.6 Å². The van der Waals surface area contributed by atoms with Crippen LogP contribution in [-0.2, 0) is 4.79 Å². The van der Waals surface area contributed by atoms with Crippen LogP contribution >= 0.6 is 11.6 Å². The van der Waals surface area contributed by atoms with Crippen LogP contribution in [0.15, 0.2) is 24.3 Å². The van der Waals surface area contributed by atoms with E-state index in [0.29, 0.717) is 10.7 Å². The Kier molecular flexibility index (Phi) is 4.31. The normalized spacial score (nSPS) is 14.3. The van der Waals surface area contributed by atoms with Gasteiger partial charge in [-0.1, -0.05) is 25.4 Å². The SMILES string of the molecule is CC.O=C1CN(c2ccc(Cl)cc2)C(=O)N1. The molecule has 0 unspecified atom stereocenters. The number of hydrogen-bond acceptors (Lipinski definition) is 2. The summed E-state index contributed by atoms with van der Waals surface area (Å²) in [6.07, 6.45) is 0. The van der Waals surface area contributed by atoms with E-state index in [0.717, 1.165) is 0 Å². The zero-order valence-electron chi connectivity index (χ0n) is 9.16. The highest BCUT2D eigenvalue weighted by atomic mass is 35.5. The molecule has 1 heterocycles. The summed E-state index contributed by atoms with van der Waals surface area (Å²) in [6.45, 7) is 4.07. The average molecular weight is 241 g/mol. The molecule has 5 heteroatoms. The Morgan fingerprint density at radius 1 is 1.19 bits per heavy atom. The third-order valence-electron chi connectivity index (χ3n) is 1.93. The lowest BCUT2D eigenvalue weighted by molar-refractivity contribution is -0.117. The fourth-order valence-electron chi connectivity index (χ4n) is 1.27. The van der Waals surface area contributed by atoms with Gasteiger partial charge in [0.2, 0.25) is 5.91 Å². The van der Waals surface area contributed by atoms with Gasteiger partial charge in [0.15, 0.2) is 0 Å². The number of urea groups is 1. The first-order valence-corrected chi connectivity index (χ1v) is 5.41. The maximum Gasteiger partial charge on any atom is 0.329 e. The summed E-state index contributed by atoms with van der Waals surface area (Å²) in [4.78, 5) is 23.5. The fourth-order valence-corrected chi connectivity index (χ4v) is 1.40. The Hall–Kier alpha value is -1.55. The first-order chi connectivity index (χ1) is 7.66. The summed E-state index contributed by atoms with van der Waals surface area (Å²) in [7, 11) is 0. The maximum atomic E-state index is 11.2. The van der Waals surface area contributed by atoms with Crippen molar-refractivity contribution in [1.29, 1.82) is 0 Å². The first kappa shape index (κ1) is 12.5. The highest BCUT2D eigenvalue weighted by Gasteiger charge is 2.27. The molecule has 0 bridgehead atoms. The van der Waals surface area contributed by atoms with E-state index in [9.17, 15) is 9.59 Å². The first-order valence-electron chi connectivity index (χ1n) is 5.04. The smallest absolute Gasteiger partial charge is 0.285 e. The van der Waals surface area contributed by atoms with Crippen LogP contribution < -0.4 is 10.2 Å². The van der Waals surface area contributed by atoms with Crippen molar-refractivity contribution in [3.63, 3.8) is 0 Å². The van der Waals surface area contributed by atoms with Gasteiger partial charge in [0.05, 0.1) is 0 Å². The van der Waals surface area contributed by atoms with Crippen molar-refractivity contribution < 1.29 is 9.59 Å². The van der Waals surface area contributed by atoms with Gasteiger partial charge in [0.25, 0.3) is 0 Å². The van der Waals surface area contributed by atoms with Crippen LogP contribution in [0, 0.1) is 0 Å². The summed E-state index contributed by atoms with van der Waals surface area (Å²) in [6, 6.07) is 6.35. The molecule has 0 aliphatic carbocycles. The number of nitrogens with zero attached hydrogens (tertiary/aromatic N) is 1. The van der Waals surface area contributed by atoms with Crippen molar-refractivity contribution in [1.82, 2.24) is 5.32 Å². The average Bonchev–Trinajstić information content (AvgIpc) is 2.62. The van der Waals surface area contributed by atoms with Crippen molar-refractivity contribution in [2.75, 3.05) is 11.4 Å². The molecule has 3 amide bonds. The van der Waals surface area contributed by atoms with Gasteiger partial charge in [-0.2, -0.15) is 0 Å². The van der Waals surface area contributed by atoms with Gasteiger partial charge in [0.1, 0.15) is 6.54 Å². The third-order valence-corrected chi connectivity index (χ3v) is 2.18. The van der Waals surface area contributed by atoms with Crippen molar-refractivity contribution in [3.8, 4) is 0 Å². The highest BCUT2D eigenvalue weighted by molar-refractivity contribution is 6.30. The molecule has 0 saturated carbocycles. The predicted molar refractivity (Wildman–Crippen MR) is 63.7 cm³/mol. The molecule has 1 aromatic carbocycles. The number of imide groups is 1. The number of amides is 3. The zero-order chi connectivity index (χ0) is 12.1. The van der Waals surface area contributed by atoms with Crippen LogP contribution in [0.25, 0.3) is 0 Å². The van der Waals surface area contributed by atoms with Gasteiger partial charge in [-0.15, -0.1) is 0 Å². The Labute approximate surface area is 99.2 Å². The number of rotatable bonds is 1. The second-order valence-corrected chi connectivity index (χ2v) is 3.35. The van der Waals surface area contributed by atoms with Crippen LogP contribution in [-0.4, -0.2) is 18.5 Å². The number of carbonyl (C=O) groups is 2. The van der Waals surface area contributed by atoms with E-state index in [1.807, 2.05) is 13.8 Å². The topological polar surface area (TPSA) is 49.4 Å². The fraction of sp³-hybridized carbons (Fsp3) is 0.273. The summed E-state index contributed by atoms with van der Waals surface area (Å²) in [5.41, 5.74) is 0.665. The molecular weight excluding hydrogens is 228 g/mol. The molecule has 1 aromatic rings. The molecule has 0 spiro atoms. The minimum absolute atomic E-state index is 0.0699. The minimum atomic E-state index is -0.391. The number of hydrogen-bond donors (Lipinski definition) is 1. The summed E-state index contributed by atoms with van der Waals surface area (Å²) >= 11 is 5.70. The largest absolute Gasteiger partial charge is 0.329 e. The van der Waals surface area contributed by atoms with Crippen LogP contribution in [0.1, 0.15) is 13.8 Å². The lowest BCUT2D eigenvalue weighted by Gasteiger charge is -2.12. The van der Waals surface area contributed by atoms with Crippen LogP contribution in [0.4, 0.5) is 10.5 Å².